The SMILES string of the molecule is CCCC(=O)c1ccc(OCCCCOc2ccccc2)c(N)c1. The number of rotatable bonds is 10. The van der Waals surface area contributed by atoms with E-state index in [0.29, 0.717) is 36.6 Å². The van der Waals surface area contributed by atoms with E-state index in [-0.39, 0.29) is 5.78 Å². The van der Waals surface area contributed by atoms with Gasteiger partial charge < -0.3 is 15.2 Å². The Bertz CT molecular complexity index is 641. The quantitative estimate of drug-likeness (QED) is 0.397. The average molecular weight is 327 g/mol. The molecule has 0 aliphatic heterocycles. The number of carbonyl (C=O) groups excluding carboxylic acids is 1. The maximum atomic E-state index is 11.8. The van der Waals surface area contributed by atoms with E-state index in [1.807, 2.05) is 37.3 Å². The number of benzene rings is 2. The zero-order valence-electron chi connectivity index (χ0n) is 14.2. The van der Waals surface area contributed by atoms with Gasteiger partial charge in [0.25, 0.3) is 0 Å². The van der Waals surface area contributed by atoms with Crippen LogP contribution in [-0.4, -0.2) is 19.0 Å². The summed E-state index contributed by atoms with van der Waals surface area (Å²) in [5, 5.41) is 0. The van der Waals surface area contributed by atoms with E-state index in [1.165, 1.54) is 0 Å². The van der Waals surface area contributed by atoms with Crippen LogP contribution in [0.15, 0.2) is 48.5 Å². The van der Waals surface area contributed by atoms with Crippen molar-refractivity contribution >= 4 is 11.5 Å². The van der Waals surface area contributed by atoms with Gasteiger partial charge in [0, 0.05) is 12.0 Å². The fraction of sp³-hybridized carbons (Fsp3) is 0.350. The summed E-state index contributed by atoms with van der Waals surface area (Å²) < 4.78 is 11.3. The average Bonchev–Trinajstić information content (AvgIpc) is 2.60. The van der Waals surface area contributed by atoms with Gasteiger partial charge in [0.1, 0.15) is 11.5 Å². The van der Waals surface area contributed by atoms with Crippen LogP contribution in [0.25, 0.3) is 0 Å². The fourth-order valence-corrected chi connectivity index (χ4v) is 2.32. The molecule has 2 aromatic carbocycles. The Morgan fingerprint density at radius 1 is 1.00 bits per heavy atom. The molecule has 0 saturated carbocycles. The largest absolute Gasteiger partial charge is 0.494 e. The van der Waals surface area contributed by atoms with Crippen LogP contribution in [0.3, 0.4) is 0 Å². The smallest absolute Gasteiger partial charge is 0.162 e. The minimum Gasteiger partial charge on any atom is -0.494 e. The highest BCUT2D eigenvalue weighted by atomic mass is 16.5. The molecule has 0 radical (unpaired) electrons. The standard InChI is InChI=1S/C20H25NO3/c1-2-8-19(22)16-11-12-20(18(21)15-16)24-14-7-6-13-23-17-9-4-3-5-10-17/h3-5,9-12,15H,2,6-8,13-14,21H2,1H3. The first-order chi connectivity index (χ1) is 11.7. The number of para-hydroxylation sites is 1. The molecule has 2 aromatic rings. The number of nitrogen functional groups attached to an aromatic ring is 1. The Morgan fingerprint density at radius 2 is 1.71 bits per heavy atom. The van der Waals surface area contributed by atoms with E-state index in [1.54, 1.807) is 18.2 Å². The van der Waals surface area contributed by atoms with Crippen molar-refractivity contribution in [2.75, 3.05) is 18.9 Å². The van der Waals surface area contributed by atoms with Gasteiger partial charge in [-0.2, -0.15) is 0 Å². The van der Waals surface area contributed by atoms with Crippen LogP contribution in [0.5, 0.6) is 11.5 Å². The molecule has 0 atom stereocenters. The number of ketones is 1. The lowest BCUT2D eigenvalue weighted by atomic mass is 10.1. The minimum absolute atomic E-state index is 0.119. The number of unbranched alkanes of at least 4 members (excludes halogenated alkanes) is 1. The highest BCUT2D eigenvalue weighted by molar-refractivity contribution is 5.97. The summed E-state index contributed by atoms with van der Waals surface area (Å²) in [6.07, 6.45) is 3.16. The number of carbonyl (C=O) groups is 1. The van der Waals surface area contributed by atoms with E-state index in [2.05, 4.69) is 0 Å². The molecule has 0 fully saturated rings. The second-order valence-corrected chi connectivity index (χ2v) is 5.64. The Kier molecular flexibility index (Phi) is 7.15. The van der Waals surface area contributed by atoms with Gasteiger partial charge in [0.05, 0.1) is 18.9 Å². The summed E-state index contributed by atoms with van der Waals surface area (Å²) in [6, 6.07) is 15.0. The topological polar surface area (TPSA) is 61.5 Å². The van der Waals surface area contributed by atoms with Crippen molar-refractivity contribution in [1.82, 2.24) is 0 Å². The maximum absolute atomic E-state index is 11.8. The van der Waals surface area contributed by atoms with Crippen LogP contribution in [-0.2, 0) is 0 Å². The molecule has 0 saturated heterocycles. The zero-order chi connectivity index (χ0) is 17.2. The van der Waals surface area contributed by atoms with Gasteiger partial charge in [-0.05, 0) is 49.6 Å². The summed E-state index contributed by atoms with van der Waals surface area (Å²) in [6.45, 7) is 3.22. The number of ether oxygens (including phenoxy) is 2. The molecule has 4 nitrogen and oxygen atoms in total. The van der Waals surface area contributed by atoms with Crippen LogP contribution in [0.2, 0.25) is 0 Å². The summed E-state index contributed by atoms with van der Waals surface area (Å²) >= 11 is 0. The van der Waals surface area contributed by atoms with Crippen molar-refractivity contribution in [2.24, 2.45) is 0 Å². The molecular formula is C20H25NO3. The van der Waals surface area contributed by atoms with Crippen molar-refractivity contribution in [2.45, 2.75) is 32.6 Å². The Balaban J connectivity index is 1.69. The van der Waals surface area contributed by atoms with Crippen molar-refractivity contribution < 1.29 is 14.3 Å². The molecule has 0 unspecified atom stereocenters. The molecule has 0 amide bonds. The number of hydrogen-bond donors (Lipinski definition) is 1. The first-order valence-corrected chi connectivity index (χ1v) is 8.44. The van der Waals surface area contributed by atoms with Crippen molar-refractivity contribution in [3.05, 3.63) is 54.1 Å². The van der Waals surface area contributed by atoms with Crippen molar-refractivity contribution in [1.29, 1.82) is 0 Å². The monoisotopic (exact) mass is 327 g/mol. The minimum atomic E-state index is 0.119. The van der Waals surface area contributed by atoms with Gasteiger partial charge in [0.15, 0.2) is 5.78 Å². The van der Waals surface area contributed by atoms with E-state index in [0.717, 1.165) is 25.0 Å². The number of anilines is 1. The van der Waals surface area contributed by atoms with Crippen molar-refractivity contribution in [3.8, 4) is 11.5 Å². The third kappa shape index (κ3) is 5.61. The molecule has 24 heavy (non-hydrogen) atoms. The lowest BCUT2D eigenvalue weighted by molar-refractivity contribution is 0.0981. The normalized spacial score (nSPS) is 10.4. The van der Waals surface area contributed by atoms with Crippen LogP contribution in [0.4, 0.5) is 5.69 Å². The summed E-state index contributed by atoms with van der Waals surface area (Å²) in [7, 11) is 0. The van der Waals surface area contributed by atoms with Gasteiger partial charge in [-0.3, -0.25) is 4.79 Å². The Hall–Kier alpha value is -2.49. The first kappa shape index (κ1) is 17.9. The van der Waals surface area contributed by atoms with Gasteiger partial charge >= 0.3 is 0 Å². The van der Waals surface area contributed by atoms with Gasteiger partial charge in [0.2, 0.25) is 0 Å². The molecule has 0 aliphatic rings. The highest BCUT2D eigenvalue weighted by Crippen LogP contribution is 2.23. The second-order valence-electron chi connectivity index (χ2n) is 5.64. The van der Waals surface area contributed by atoms with E-state index in [4.69, 9.17) is 15.2 Å². The molecule has 2 N–H and O–H groups in total. The van der Waals surface area contributed by atoms with E-state index in [9.17, 15) is 4.79 Å². The van der Waals surface area contributed by atoms with Crippen LogP contribution in [0, 0.1) is 0 Å². The first-order valence-electron chi connectivity index (χ1n) is 8.44. The number of Topliss-reactive ketones (excluding diaryl/α,β-unsaturated/α-hetero) is 1. The van der Waals surface area contributed by atoms with Gasteiger partial charge in [-0.15, -0.1) is 0 Å². The Labute approximate surface area is 143 Å². The molecular weight excluding hydrogens is 302 g/mol. The summed E-state index contributed by atoms with van der Waals surface area (Å²) in [4.78, 5) is 11.8. The lowest BCUT2D eigenvalue weighted by Gasteiger charge is -2.10. The Morgan fingerprint density at radius 3 is 2.38 bits per heavy atom. The molecule has 0 spiro atoms. The number of nitrogens with two attached hydrogens (primary N) is 1. The molecule has 0 aliphatic carbocycles. The third-order valence-electron chi connectivity index (χ3n) is 3.62. The molecule has 4 heteroatoms. The maximum Gasteiger partial charge on any atom is 0.162 e. The predicted octanol–water partition coefficient (Wildman–Crippen LogP) is 4.49. The molecule has 0 heterocycles. The van der Waals surface area contributed by atoms with Crippen LogP contribution in [0.1, 0.15) is 43.0 Å². The zero-order valence-corrected chi connectivity index (χ0v) is 14.2. The molecule has 2 rings (SSSR count). The number of hydrogen-bond acceptors (Lipinski definition) is 4. The summed E-state index contributed by atoms with van der Waals surface area (Å²) in [5.74, 6) is 1.64. The predicted molar refractivity (Wildman–Crippen MR) is 96.8 cm³/mol. The fourth-order valence-electron chi connectivity index (χ4n) is 2.32. The van der Waals surface area contributed by atoms with Crippen LogP contribution >= 0.6 is 0 Å². The summed E-state index contributed by atoms with van der Waals surface area (Å²) in [5.41, 5.74) is 7.13. The van der Waals surface area contributed by atoms with Crippen LogP contribution < -0.4 is 15.2 Å². The van der Waals surface area contributed by atoms with E-state index < -0.39 is 0 Å². The van der Waals surface area contributed by atoms with Crippen molar-refractivity contribution in [3.63, 3.8) is 0 Å². The highest BCUT2D eigenvalue weighted by Gasteiger charge is 2.08. The van der Waals surface area contributed by atoms with Gasteiger partial charge in [-0.1, -0.05) is 25.1 Å². The lowest BCUT2D eigenvalue weighted by Crippen LogP contribution is -2.05. The molecule has 128 valence electrons. The third-order valence-corrected chi connectivity index (χ3v) is 3.62. The second kappa shape index (κ2) is 9.60. The molecule has 0 bridgehead atoms. The van der Waals surface area contributed by atoms with Gasteiger partial charge in [-0.25, -0.2) is 0 Å². The van der Waals surface area contributed by atoms with E-state index >= 15 is 0 Å². The molecule has 0 aromatic heterocycles.